The topological polar surface area (TPSA) is 54.0 Å². The maximum Gasteiger partial charge on any atom is 0.331 e. The minimum Gasteiger partial charge on any atom is -0.493 e. The van der Waals surface area contributed by atoms with Crippen LogP contribution in [0.4, 0.5) is 0 Å². The molecule has 0 amide bonds. The number of hydrogen-bond acceptors (Lipinski definition) is 5. The van der Waals surface area contributed by atoms with E-state index in [0.717, 1.165) is 18.4 Å². The Morgan fingerprint density at radius 3 is 2.15 bits per heavy atom. The summed E-state index contributed by atoms with van der Waals surface area (Å²) < 4.78 is 21.9. The molecule has 0 aromatic heterocycles. The number of fused-ring (bicyclic) bond motifs is 2. The Morgan fingerprint density at radius 1 is 1.07 bits per heavy atom. The second-order valence-electron chi connectivity index (χ2n) is 8.33. The Kier molecular flexibility index (Phi) is 5.15. The molecule has 5 nitrogen and oxygen atoms in total. The van der Waals surface area contributed by atoms with Gasteiger partial charge in [-0.1, -0.05) is 20.8 Å². The van der Waals surface area contributed by atoms with Crippen molar-refractivity contribution in [1.29, 1.82) is 0 Å². The largest absolute Gasteiger partial charge is 0.493 e. The van der Waals surface area contributed by atoms with Gasteiger partial charge in [-0.2, -0.15) is 0 Å². The first-order valence-electron chi connectivity index (χ1n) is 9.45. The molecule has 0 heterocycles. The summed E-state index contributed by atoms with van der Waals surface area (Å²) in [7, 11) is 4.69. The molecule has 0 spiro atoms. The van der Waals surface area contributed by atoms with E-state index >= 15 is 0 Å². The Labute approximate surface area is 161 Å². The van der Waals surface area contributed by atoms with Crippen LogP contribution in [0.25, 0.3) is 6.08 Å². The van der Waals surface area contributed by atoms with Crippen LogP contribution in [0.3, 0.4) is 0 Å². The van der Waals surface area contributed by atoms with Gasteiger partial charge in [0, 0.05) is 11.5 Å². The van der Waals surface area contributed by atoms with Gasteiger partial charge in [-0.3, -0.25) is 0 Å². The van der Waals surface area contributed by atoms with Crippen LogP contribution in [0.2, 0.25) is 0 Å². The number of methoxy groups -OCH3 is 3. The van der Waals surface area contributed by atoms with Crippen molar-refractivity contribution in [3.05, 3.63) is 23.8 Å². The fraction of sp³-hybridized carbons (Fsp3) is 0.591. The maximum absolute atomic E-state index is 12.4. The third kappa shape index (κ3) is 3.17. The van der Waals surface area contributed by atoms with Gasteiger partial charge < -0.3 is 18.9 Å². The van der Waals surface area contributed by atoms with Crippen molar-refractivity contribution in [2.45, 2.75) is 46.1 Å². The number of carbonyl (C=O) groups excluding carboxylic acids is 1. The summed E-state index contributed by atoms with van der Waals surface area (Å²) in [6.45, 7) is 6.88. The first kappa shape index (κ1) is 19.6. The van der Waals surface area contributed by atoms with Gasteiger partial charge in [-0.05, 0) is 54.4 Å². The minimum absolute atomic E-state index is 0.0108. The molecule has 27 heavy (non-hydrogen) atoms. The van der Waals surface area contributed by atoms with E-state index < -0.39 is 0 Å². The monoisotopic (exact) mass is 374 g/mol. The minimum atomic E-state index is -0.307. The quantitative estimate of drug-likeness (QED) is 0.543. The molecule has 2 saturated carbocycles. The van der Waals surface area contributed by atoms with Gasteiger partial charge >= 0.3 is 5.97 Å². The van der Waals surface area contributed by atoms with E-state index in [1.165, 1.54) is 12.5 Å². The summed E-state index contributed by atoms with van der Waals surface area (Å²) in [6.07, 6.45) is 6.50. The molecule has 0 N–H and O–H groups in total. The lowest BCUT2D eigenvalue weighted by molar-refractivity contribution is -0.150. The highest BCUT2D eigenvalue weighted by atomic mass is 16.5. The van der Waals surface area contributed by atoms with Crippen molar-refractivity contribution in [2.24, 2.45) is 16.7 Å². The van der Waals surface area contributed by atoms with Gasteiger partial charge in [-0.25, -0.2) is 4.79 Å². The predicted octanol–water partition coefficient (Wildman–Crippen LogP) is 4.48. The number of ether oxygens (including phenoxy) is 4. The van der Waals surface area contributed by atoms with E-state index in [4.69, 9.17) is 18.9 Å². The van der Waals surface area contributed by atoms with Gasteiger partial charge in [0.1, 0.15) is 6.10 Å². The SMILES string of the molecule is COc1cc(C=CC(=O)OC2CC3CCC2(C)C3(C)C)cc(OC)c1OC. The van der Waals surface area contributed by atoms with Crippen molar-refractivity contribution in [3.8, 4) is 17.2 Å². The van der Waals surface area contributed by atoms with Crippen molar-refractivity contribution in [1.82, 2.24) is 0 Å². The van der Waals surface area contributed by atoms with Crippen LogP contribution in [-0.4, -0.2) is 33.4 Å². The van der Waals surface area contributed by atoms with Crippen molar-refractivity contribution in [3.63, 3.8) is 0 Å². The molecule has 0 aliphatic heterocycles. The smallest absolute Gasteiger partial charge is 0.331 e. The Morgan fingerprint density at radius 2 is 1.70 bits per heavy atom. The van der Waals surface area contributed by atoms with Crippen LogP contribution in [0, 0.1) is 16.7 Å². The summed E-state index contributed by atoms with van der Waals surface area (Å²) in [6, 6.07) is 3.60. The molecule has 2 bridgehead atoms. The van der Waals surface area contributed by atoms with Crippen LogP contribution in [0.15, 0.2) is 18.2 Å². The number of esters is 1. The van der Waals surface area contributed by atoms with E-state index in [0.29, 0.717) is 23.2 Å². The first-order valence-corrected chi connectivity index (χ1v) is 9.45. The highest BCUT2D eigenvalue weighted by Crippen LogP contribution is 2.66. The lowest BCUT2D eigenvalue weighted by Gasteiger charge is -2.38. The van der Waals surface area contributed by atoms with E-state index in [1.807, 2.05) is 0 Å². The number of benzene rings is 1. The van der Waals surface area contributed by atoms with Crippen LogP contribution in [0.1, 0.15) is 45.6 Å². The zero-order valence-electron chi connectivity index (χ0n) is 17.1. The molecule has 3 rings (SSSR count). The summed E-state index contributed by atoms with van der Waals surface area (Å²) in [4.78, 5) is 12.4. The van der Waals surface area contributed by atoms with E-state index in [2.05, 4.69) is 20.8 Å². The Bertz CT molecular complexity index is 726. The molecule has 148 valence electrons. The fourth-order valence-electron chi connectivity index (χ4n) is 4.85. The molecule has 2 fully saturated rings. The predicted molar refractivity (Wildman–Crippen MR) is 104 cm³/mol. The lowest BCUT2D eigenvalue weighted by atomic mass is 9.70. The number of carbonyl (C=O) groups is 1. The van der Waals surface area contributed by atoms with E-state index in [9.17, 15) is 4.79 Å². The maximum atomic E-state index is 12.4. The molecule has 1 aromatic rings. The number of hydrogen-bond donors (Lipinski definition) is 0. The van der Waals surface area contributed by atoms with Gasteiger partial charge in [0.05, 0.1) is 21.3 Å². The molecule has 0 radical (unpaired) electrons. The standard InChI is InChI=1S/C22H30O5/c1-21(2)15-9-10-22(21,3)18(13-15)27-19(23)8-7-14-11-16(24-4)20(26-6)17(12-14)25-5/h7-8,11-12,15,18H,9-10,13H2,1-6H3. The fourth-order valence-corrected chi connectivity index (χ4v) is 4.85. The molecule has 2 aliphatic rings. The number of rotatable bonds is 6. The molecule has 5 heteroatoms. The van der Waals surface area contributed by atoms with E-state index in [1.54, 1.807) is 39.5 Å². The molecular weight excluding hydrogens is 344 g/mol. The van der Waals surface area contributed by atoms with Crippen molar-refractivity contribution < 1.29 is 23.7 Å². The van der Waals surface area contributed by atoms with Gasteiger partial charge in [0.2, 0.25) is 5.75 Å². The van der Waals surface area contributed by atoms with Gasteiger partial charge in [0.25, 0.3) is 0 Å². The highest BCUT2D eigenvalue weighted by Gasteiger charge is 2.62. The molecule has 0 saturated heterocycles. The zero-order valence-corrected chi connectivity index (χ0v) is 17.1. The normalized spacial score (nSPS) is 28.4. The second kappa shape index (κ2) is 7.10. The summed E-state index contributed by atoms with van der Waals surface area (Å²) in [5.41, 5.74) is 1.06. The van der Waals surface area contributed by atoms with Crippen LogP contribution in [0.5, 0.6) is 17.2 Å². The second-order valence-corrected chi connectivity index (χ2v) is 8.33. The Hall–Kier alpha value is -2.17. The van der Waals surface area contributed by atoms with Crippen molar-refractivity contribution >= 4 is 12.0 Å². The summed E-state index contributed by atoms with van der Waals surface area (Å²) in [5.74, 6) is 1.95. The first-order chi connectivity index (χ1) is 12.8. The summed E-state index contributed by atoms with van der Waals surface area (Å²) in [5, 5.41) is 0. The molecule has 2 aliphatic carbocycles. The van der Waals surface area contributed by atoms with Gasteiger partial charge in [0.15, 0.2) is 11.5 Å². The van der Waals surface area contributed by atoms with Crippen LogP contribution in [-0.2, 0) is 9.53 Å². The highest BCUT2D eigenvalue weighted by molar-refractivity contribution is 5.87. The molecule has 3 unspecified atom stereocenters. The molecular formula is C22H30O5. The third-order valence-electron chi connectivity index (χ3n) is 7.07. The average molecular weight is 374 g/mol. The Balaban J connectivity index is 1.73. The van der Waals surface area contributed by atoms with E-state index in [-0.39, 0.29) is 22.9 Å². The third-order valence-corrected chi connectivity index (χ3v) is 7.07. The van der Waals surface area contributed by atoms with Crippen LogP contribution < -0.4 is 14.2 Å². The average Bonchev–Trinajstić information content (AvgIpc) is 2.98. The van der Waals surface area contributed by atoms with Crippen LogP contribution >= 0.6 is 0 Å². The van der Waals surface area contributed by atoms with Gasteiger partial charge in [-0.15, -0.1) is 0 Å². The summed E-state index contributed by atoms with van der Waals surface area (Å²) >= 11 is 0. The lowest BCUT2D eigenvalue weighted by Crippen LogP contribution is -2.38. The molecule has 1 aromatic carbocycles. The molecule has 3 atom stereocenters. The zero-order chi connectivity index (χ0) is 19.8. The van der Waals surface area contributed by atoms with Crippen molar-refractivity contribution in [2.75, 3.05) is 21.3 Å².